The van der Waals surface area contributed by atoms with Crippen molar-refractivity contribution in [3.05, 3.63) is 77.4 Å². The van der Waals surface area contributed by atoms with E-state index in [0.29, 0.717) is 18.7 Å². The van der Waals surface area contributed by atoms with Crippen LogP contribution in [0, 0.1) is 25.7 Å². The van der Waals surface area contributed by atoms with Gasteiger partial charge in [-0.1, -0.05) is 67.8 Å². The Bertz CT molecular complexity index is 1390. The standard InChI is InChI=1S/C35H44N4O4/c1-23-15-16-27(21-24(23)2)37-32(40)29-28-17-18-35(43-28)30(29)34(42)39(31(35)33(41)36-26-13-8-5-9-14-26)20-10-19-38(3)22-25-11-6-4-7-12-25/h4,6-7,11-12,15-18,21,26,28-31H,5,8-10,13-14,19-20,22H2,1-3H3,(H,36,41)(H,37,40)/t28-,29+,30-,31+,35-/m1/s1. The second-order valence-corrected chi connectivity index (χ2v) is 12.9. The number of likely N-dealkylation sites (tertiary alicyclic amines) is 1. The van der Waals surface area contributed by atoms with Crippen LogP contribution < -0.4 is 10.6 Å². The van der Waals surface area contributed by atoms with E-state index in [4.69, 9.17) is 4.74 Å². The molecule has 1 saturated carbocycles. The van der Waals surface area contributed by atoms with Gasteiger partial charge >= 0.3 is 0 Å². The van der Waals surface area contributed by atoms with Gasteiger partial charge in [0, 0.05) is 24.8 Å². The minimum absolute atomic E-state index is 0.108. The number of amides is 3. The number of aryl methyl sites for hydroxylation is 2. The largest absolute Gasteiger partial charge is 0.359 e. The number of anilines is 1. The molecule has 3 fully saturated rings. The molecule has 0 radical (unpaired) electrons. The van der Waals surface area contributed by atoms with Gasteiger partial charge in [0.2, 0.25) is 17.7 Å². The summed E-state index contributed by atoms with van der Waals surface area (Å²) in [7, 11) is 2.07. The number of nitrogens with zero attached hydrogens (tertiary/aromatic N) is 2. The van der Waals surface area contributed by atoms with Crippen LogP contribution in [0.3, 0.4) is 0 Å². The first-order chi connectivity index (χ1) is 20.8. The van der Waals surface area contributed by atoms with Crippen LogP contribution >= 0.6 is 0 Å². The Morgan fingerprint density at radius 2 is 1.79 bits per heavy atom. The highest BCUT2D eigenvalue weighted by molar-refractivity contribution is 6.02. The van der Waals surface area contributed by atoms with Gasteiger partial charge in [0.25, 0.3) is 0 Å². The van der Waals surface area contributed by atoms with Crippen LogP contribution in [-0.4, -0.2) is 71.4 Å². The fraction of sp³-hybridized carbons (Fsp3) is 0.514. The first kappa shape index (κ1) is 29.6. The summed E-state index contributed by atoms with van der Waals surface area (Å²) in [4.78, 5) is 46.0. The van der Waals surface area contributed by atoms with E-state index in [2.05, 4.69) is 34.7 Å². The van der Waals surface area contributed by atoms with Crippen molar-refractivity contribution in [2.45, 2.75) is 82.7 Å². The zero-order chi connectivity index (χ0) is 30.1. The molecule has 1 spiro atoms. The summed E-state index contributed by atoms with van der Waals surface area (Å²) in [5.74, 6) is -2.01. The van der Waals surface area contributed by atoms with Crippen molar-refractivity contribution in [3.63, 3.8) is 0 Å². The van der Waals surface area contributed by atoms with Gasteiger partial charge in [0.15, 0.2) is 0 Å². The molecule has 8 nitrogen and oxygen atoms in total. The minimum atomic E-state index is -1.14. The summed E-state index contributed by atoms with van der Waals surface area (Å²) in [6.07, 6.45) is 9.23. The molecule has 4 aliphatic rings. The van der Waals surface area contributed by atoms with Crippen LogP contribution in [0.15, 0.2) is 60.7 Å². The maximum absolute atomic E-state index is 14.2. The molecular formula is C35H44N4O4. The number of nitrogens with one attached hydrogen (secondary N) is 2. The van der Waals surface area contributed by atoms with Gasteiger partial charge < -0.3 is 25.2 Å². The lowest BCUT2D eigenvalue weighted by Crippen LogP contribution is -2.56. The fourth-order valence-corrected chi connectivity index (χ4v) is 7.56. The number of benzene rings is 2. The second-order valence-electron chi connectivity index (χ2n) is 12.9. The Balaban J connectivity index is 1.21. The Morgan fingerprint density at radius 1 is 1.02 bits per heavy atom. The van der Waals surface area contributed by atoms with E-state index in [0.717, 1.165) is 49.9 Å². The molecule has 6 rings (SSSR count). The van der Waals surface area contributed by atoms with Gasteiger partial charge in [-0.3, -0.25) is 14.4 Å². The molecule has 228 valence electrons. The Kier molecular flexibility index (Phi) is 8.42. The summed E-state index contributed by atoms with van der Waals surface area (Å²) in [6.45, 7) is 6.04. The average molecular weight is 585 g/mol. The molecule has 2 aromatic carbocycles. The molecule has 3 heterocycles. The van der Waals surface area contributed by atoms with Crippen LogP contribution in [0.25, 0.3) is 0 Å². The van der Waals surface area contributed by atoms with Crippen molar-refractivity contribution in [2.24, 2.45) is 11.8 Å². The van der Waals surface area contributed by atoms with E-state index in [-0.39, 0.29) is 23.8 Å². The zero-order valence-corrected chi connectivity index (χ0v) is 25.6. The van der Waals surface area contributed by atoms with E-state index in [9.17, 15) is 14.4 Å². The average Bonchev–Trinajstić information content (AvgIpc) is 3.63. The Labute approximate surface area is 254 Å². The molecule has 2 bridgehead atoms. The van der Waals surface area contributed by atoms with Crippen LogP contribution in [-0.2, 0) is 25.7 Å². The van der Waals surface area contributed by atoms with Gasteiger partial charge in [-0.2, -0.15) is 0 Å². The molecular weight excluding hydrogens is 540 g/mol. The van der Waals surface area contributed by atoms with Gasteiger partial charge in [-0.05, 0) is 75.5 Å². The van der Waals surface area contributed by atoms with E-state index >= 15 is 0 Å². The predicted octanol–water partition coefficient (Wildman–Crippen LogP) is 4.36. The lowest BCUT2D eigenvalue weighted by atomic mass is 9.74. The van der Waals surface area contributed by atoms with Crippen molar-refractivity contribution in [1.82, 2.24) is 15.1 Å². The third kappa shape index (κ3) is 5.75. The zero-order valence-electron chi connectivity index (χ0n) is 25.6. The topological polar surface area (TPSA) is 91.0 Å². The molecule has 1 aliphatic carbocycles. The first-order valence-electron chi connectivity index (χ1n) is 15.9. The molecule has 2 aromatic rings. The van der Waals surface area contributed by atoms with Crippen LogP contribution in [0.5, 0.6) is 0 Å². The third-order valence-corrected chi connectivity index (χ3v) is 9.89. The Morgan fingerprint density at radius 3 is 2.53 bits per heavy atom. The maximum atomic E-state index is 14.2. The number of ether oxygens (including phenoxy) is 1. The molecule has 3 amide bonds. The summed E-state index contributed by atoms with van der Waals surface area (Å²) in [5, 5.41) is 6.31. The van der Waals surface area contributed by atoms with Crippen LogP contribution in [0.4, 0.5) is 5.69 Å². The van der Waals surface area contributed by atoms with Crippen LogP contribution in [0.2, 0.25) is 0 Å². The van der Waals surface area contributed by atoms with Crippen molar-refractivity contribution in [1.29, 1.82) is 0 Å². The monoisotopic (exact) mass is 584 g/mol. The molecule has 2 saturated heterocycles. The molecule has 0 aromatic heterocycles. The number of rotatable bonds is 10. The molecule has 5 atom stereocenters. The summed E-state index contributed by atoms with van der Waals surface area (Å²) in [5.41, 5.74) is 3.02. The maximum Gasteiger partial charge on any atom is 0.246 e. The lowest BCUT2D eigenvalue weighted by Gasteiger charge is -2.34. The number of fused-ring (bicyclic) bond motifs is 1. The van der Waals surface area contributed by atoms with Gasteiger partial charge in [-0.15, -0.1) is 0 Å². The molecule has 43 heavy (non-hydrogen) atoms. The highest BCUT2D eigenvalue weighted by Gasteiger charge is 2.72. The van der Waals surface area contributed by atoms with Gasteiger partial charge in [-0.25, -0.2) is 0 Å². The smallest absolute Gasteiger partial charge is 0.246 e. The van der Waals surface area contributed by atoms with Gasteiger partial charge in [0.05, 0.1) is 17.9 Å². The number of carbonyl (C=O) groups is 3. The Hall–Kier alpha value is -3.49. The first-order valence-corrected chi connectivity index (χ1v) is 15.9. The van der Waals surface area contributed by atoms with Gasteiger partial charge in [0.1, 0.15) is 11.6 Å². The van der Waals surface area contributed by atoms with E-state index in [1.165, 1.54) is 12.0 Å². The molecule has 0 unspecified atom stereocenters. The van der Waals surface area contributed by atoms with Crippen molar-refractivity contribution >= 4 is 23.4 Å². The highest BCUT2D eigenvalue weighted by atomic mass is 16.5. The summed E-state index contributed by atoms with van der Waals surface area (Å²) in [6, 6.07) is 15.4. The minimum Gasteiger partial charge on any atom is -0.359 e. The van der Waals surface area contributed by atoms with Crippen LogP contribution in [0.1, 0.15) is 55.2 Å². The highest BCUT2D eigenvalue weighted by Crippen LogP contribution is 2.55. The summed E-state index contributed by atoms with van der Waals surface area (Å²) < 4.78 is 6.52. The molecule has 8 heteroatoms. The normalized spacial score (nSPS) is 28.0. The third-order valence-electron chi connectivity index (χ3n) is 9.89. The quantitative estimate of drug-likeness (QED) is 0.405. The SMILES string of the molecule is Cc1ccc(NC(=O)[C@H]2[C@H]3C=C[C@]4(O3)[C@H](C(=O)NC3CCCCC3)N(CCCN(C)Cc3ccccc3)C(=O)[C@@H]24)cc1C. The number of carbonyl (C=O) groups excluding carboxylic acids is 3. The number of hydrogen-bond acceptors (Lipinski definition) is 5. The second kappa shape index (κ2) is 12.2. The van der Waals surface area contributed by atoms with Crippen molar-refractivity contribution in [3.8, 4) is 0 Å². The molecule has 2 N–H and O–H groups in total. The predicted molar refractivity (Wildman–Crippen MR) is 166 cm³/mol. The fourth-order valence-electron chi connectivity index (χ4n) is 7.56. The van der Waals surface area contributed by atoms with E-state index < -0.39 is 29.6 Å². The van der Waals surface area contributed by atoms with Crippen molar-refractivity contribution in [2.75, 3.05) is 25.5 Å². The summed E-state index contributed by atoms with van der Waals surface area (Å²) >= 11 is 0. The van der Waals surface area contributed by atoms with Crippen molar-refractivity contribution < 1.29 is 19.1 Å². The van der Waals surface area contributed by atoms with E-state index in [1.807, 2.05) is 62.4 Å². The molecule has 3 aliphatic heterocycles. The number of hydrogen-bond donors (Lipinski definition) is 2. The lowest BCUT2D eigenvalue weighted by molar-refractivity contribution is -0.141. The van der Waals surface area contributed by atoms with E-state index in [1.54, 1.807) is 4.90 Å².